The number of hydrogen-bond donors (Lipinski definition) is 0. The Hall–Kier alpha value is -0.716. The third-order valence-electron chi connectivity index (χ3n) is 2.76. The molecule has 1 heterocycles. The summed E-state index contributed by atoms with van der Waals surface area (Å²) in [6, 6.07) is 10.9. The molecule has 1 aliphatic rings. The van der Waals surface area contributed by atoms with Crippen molar-refractivity contribution >= 4 is 9.46 Å². The van der Waals surface area contributed by atoms with Crippen LogP contribution in [0.4, 0.5) is 0 Å². The molecule has 1 atom stereocenters. The third kappa shape index (κ3) is 2.90. The van der Waals surface area contributed by atoms with Gasteiger partial charge in [-0.05, 0) is 0 Å². The molecule has 0 bridgehead atoms. The second-order valence-corrected chi connectivity index (χ2v) is 5.56. The van der Waals surface area contributed by atoms with Crippen LogP contribution in [0.5, 0.6) is 0 Å². The van der Waals surface area contributed by atoms with Crippen molar-refractivity contribution in [2.24, 2.45) is 5.92 Å². The van der Waals surface area contributed by atoms with Crippen LogP contribution in [0.25, 0.3) is 0 Å². The summed E-state index contributed by atoms with van der Waals surface area (Å²) in [4.78, 5) is 0. The first-order valence-electron chi connectivity index (χ1n) is 5.40. The van der Waals surface area contributed by atoms with E-state index in [4.69, 9.17) is 0 Å². The molecule has 0 aromatic heterocycles. The first-order chi connectivity index (χ1) is 7.29. The number of benzene rings is 1. The molecule has 1 unspecified atom stereocenters. The Labute approximate surface area is 105 Å². The van der Waals surface area contributed by atoms with Crippen molar-refractivity contribution in [2.75, 3.05) is 0 Å². The fourth-order valence-corrected chi connectivity index (χ4v) is 3.30. The molecule has 1 aromatic rings. The summed E-state index contributed by atoms with van der Waals surface area (Å²) in [6.45, 7) is 4.61. The number of hydrogen-bond acceptors (Lipinski definition) is 0. The zero-order valence-electron chi connectivity index (χ0n) is 10.2. The molecule has 0 aliphatic carbocycles. The van der Waals surface area contributed by atoms with Crippen LogP contribution < -0.4 is 0 Å². The van der Waals surface area contributed by atoms with Crippen molar-refractivity contribution < 1.29 is 15.4 Å². The summed E-state index contributed by atoms with van der Waals surface area (Å²) in [5.74, 6) is 1.25. The van der Waals surface area contributed by atoms with E-state index in [0.717, 1.165) is 0 Å². The maximum absolute atomic E-state index is 2.44. The third-order valence-corrected chi connectivity index (χ3v) is 3.96. The van der Waals surface area contributed by atoms with Crippen LogP contribution in [-0.2, 0) is 15.4 Å². The Bertz CT molecular complexity index is 420. The van der Waals surface area contributed by atoms with Crippen LogP contribution in [-0.4, -0.2) is 9.46 Å². The topological polar surface area (TPSA) is 0 Å². The summed E-state index contributed by atoms with van der Waals surface area (Å²) in [6.07, 6.45) is 2.32. The Morgan fingerprint density at radius 2 is 1.75 bits per heavy atom. The minimum atomic E-state index is 0. The largest absolute Gasteiger partial charge is 0.358 e. The van der Waals surface area contributed by atoms with Gasteiger partial charge in [0.2, 0.25) is 0 Å². The molecule has 0 amide bonds. The van der Waals surface area contributed by atoms with Gasteiger partial charge in [0.25, 0.3) is 0 Å². The molecule has 0 saturated carbocycles. The van der Waals surface area contributed by atoms with E-state index in [-0.39, 0.29) is 7.43 Å². The molecule has 0 saturated heterocycles. The van der Waals surface area contributed by atoms with Gasteiger partial charge < -0.3 is 7.43 Å². The van der Waals surface area contributed by atoms with E-state index >= 15 is 0 Å². The van der Waals surface area contributed by atoms with Crippen molar-refractivity contribution in [2.45, 2.75) is 19.8 Å². The van der Waals surface area contributed by atoms with Crippen LogP contribution in [0, 0.1) is 13.3 Å². The standard InChI is InChI=1S/C14H16.CH3.V/c1-5-12(4)14(11(2)3)13-9-7-6-8-10-13;;/h1,4-11,14H,2-3H3;1H3;/q;-1;. The van der Waals surface area contributed by atoms with Crippen molar-refractivity contribution in [3.63, 3.8) is 0 Å². The molecule has 0 nitrogen and oxygen atoms in total. The summed E-state index contributed by atoms with van der Waals surface area (Å²) in [7, 11) is 0. The summed E-state index contributed by atoms with van der Waals surface area (Å²) < 4.78 is 4.78. The molecule has 0 radical (unpaired) electrons. The normalized spacial score (nSPS) is 14.8. The van der Waals surface area contributed by atoms with E-state index in [1.165, 1.54) is 11.1 Å². The molecule has 0 N–H and O–H groups in total. The van der Waals surface area contributed by atoms with Gasteiger partial charge in [-0.25, -0.2) is 0 Å². The minimum Gasteiger partial charge on any atom is -0.358 e. The average Bonchev–Trinajstić information content (AvgIpc) is 2.72. The molecule has 0 fully saturated rings. The summed E-state index contributed by atoms with van der Waals surface area (Å²) in [5.41, 5.74) is 2.97. The zero-order valence-corrected chi connectivity index (χ0v) is 11.6. The van der Waals surface area contributed by atoms with Gasteiger partial charge in [-0.1, -0.05) is 0 Å². The van der Waals surface area contributed by atoms with Crippen LogP contribution in [0.1, 0.15) is 25.3 Å². The average molecular weight is 250 g/mol. The summed E-state index contributed by atoms with van der Waals surface area (Å²) in [5, 5.41) is 0. The Balaban J connectivity index is 0.00000128. The number of allylic oxidation sites excluding steroid dienone is 2. The van der Waals surface area contributed by atoms with Gasteiger partial charge in [-0.2, -0.15) is 0 Å². The fraction of sp³-hybridized carbons (Fsp3) is 0.267. The van der Waals surface area contributed by atoms with Gasteiger partial charge in [0, 0.05) is 0 Å². The van der Waals surface area contributed by atoms with Crippen molar-refractivity contribution in [1.82, 2.24) is 0 Å². The van der Waals surface area contributed by atoms with Crippen LogP contribution >= 0.6 is 0 Å². The first-order valence-corrected chi connectivity index (χ1v) is 7.02. The first kappa shape index (κ1) is 13.3. The van der Waals surface area contributed by atoms with Crippen molar-refractivity contribution in [3.05, 3.63) is 55.0 Å². The maximum atomic E-state index is 2.44. The van der Waals surface area contributed by atoms with Crippen molar-refractivity contribution in [3.8, 4) is 0 Å². The monoisotopic (exact) mass is 250 g/mol. The molecular weight excluding hydrogens is 231 g/mol. The summed E-state index contributed by atoms with van der Waals surface area (Å²) >= 11 is 0.340. The Morgan fingerprint density at radius 3 is 2.25 bits per heavy atom. The van der Waals surface area contributed by atoms with Crippen LogP contribution in [0.3, 0.4) is 0 Å². The SMILES string of the molecule is CC(C)C(C1=C[CH]=[V]=[CH]1)c1ccccc1.[CH3-]. The molecule has 16 heavy (non-hydrogen) atoms. The Morgan fingerprint density at radius 1 is 1.06 bits per heavy atom. The van der Waals surface area contributed by atoms with Gasteiger partial charge in [0.05, 0.1) is 0 Å². The van der Waals surface area contributed by atoms with Crippen LogP contribution in [0.15, 0.2) is 42.0 Å². The van der Waals surface area contributed by atoms with E-state index in [2.05, 4.69) is 59.7 Å². The fourth-order valence-electron chi connectivity index (χ4n) is 2.11. The minimum absolute atomic E-state index is 0. The smallest absolute Gasteiger partial charge is 0.358 e. The van der Waals surface area contributed by atoms with E-state index in [0.29, 0.717) is 27.2 Å². The van der Waals surface area contributed by atoms with Gasteiger partial charge >= 0.3 is 98.1 Å². The second kappa shape index (κ2) is 6.13. The molecule has 1 aliphatic heterocycles. The predicted octanol–water partition coefficient (Wildman–Crippen LogP) is 3.50. The van der Waals surface area contributed by atoms with Crippen LogP contribution in [0.2, 0.25) is 0 Å². The predicted molar refractivity (Wildman–Crippen MR) is 70.6 cm³/mol. The molecular formula is C15H19V-. The number of rotatable bonds is 3. The van der Waals surface area contributed by atoms with Gasteiger partial charge in [0.15, 0.2) is 0 Å². The van der Waals surface area contributed by atoms with Gasteiger partial charge in [-0.3, -0.25) is 0 Å². The molecule has 1 heteroatoms. The van der Waals surface area contributed by atoms with Crippen molar-refractivity contribution in [1.29, 1.82) is 0 Å². The molecule has 1 aromatic carbocycles. The van der Waals surface area contributed by atoms with E-state index in [1.54, 1.807) is 0 Å². The van der Waals surface area contributed by atoms with Gasteiger partial charge in [0.1, 0.15) is 0 Å². The molecule has 0 spiro atoms. The Kier molecular flexibility index (Phi) is 5.11. The second-order valence-electron chi connectivity index (χ2n) is 4.23. The zero-order chi connectivity index (χ0) is 10.7. The van der Waals surface area contributed by atoms with E-state index in [9.17, 15) is 0 Å². The quantitative estimate of drug-likeness (QED) is 0.720. The van der Waals surface area contributed by atoms with E-state index < -0.39 is 0 Å². The molecule has 2 rings (SSSR count). The maximum Gasteiger partial charge on any atom is -0.358 e. The molecule has 85 valence electrons. The van der Waals surface area contributed by atoms with E-state index in [1.807, 2.05) is 0 Å². The van der Waals surface area contributed by atoms with Gasteiger partial charge in [-0.15, -0.1) is 0 Å².